The summed E-state index contributed by atoms with van der Waals surface area (Å²) in [4.78, 5) is 23.8. The van der Waals surface area contributed by atoms with Gasteiger partial charge in [-0.25, -0.2) is 9.97 Å². The Bertz CT molecular complexity index is 982. The van der Waals surface area contributed by atoms with Crippen molar-refractivity contribution in [3.63, 3.8) is 0 Å². The smallest absolute Gasteiger partial charge is 0.260 e. The molecule has 0 bridgehead atoms. The number of rotatable bonds is 4. The fraction of sp³-hybridized carbons (Fsp3) is 0.350. The van der Waals surface area contributed by atoms with Crippen LogP contribution >= 0.6 is 22.9 Å². The topological polar surface area (TPSA) is 64.6 Å². The molecule has 1 aromatic carbocycles. The third-order valence-corrected chi connectivity index (χ3v) is 5.73. The number of halogens is 1. The van der Waals surface area contributed by atoms with Crippen molar-refractivity contribution in [1.82, 2.24) is 14.9 Å². The lowest BCUT2D eigenvalue weighted by molar-refractivity contribution is -0.145. The molecule has 1 amide bonds. The number of aromatic nitrogens is 2. The minimum Gasteiger partial charge on any atom is -0.467 e. The Hall–Kier alpha value is -2.22. The number of carbonyl (C=O) groups is 1. The second-order valence-electron chi connectivity index (χ2n) is 6.86. The Labute approximate surface area is 172 Å². The number of morpholine rings is 1. The van der Waals surface area contributed by atoms with Crippen LogP contribution < -0.4 is 4.74 Å². The largest absolute Gasteiger partial charge is 0.467 e. The summed E-state index contributed by atoms with van der Waals surface area (Å²) in [7, 11) is 0. The average molecular weight is 418 g/mol. The van der Waals surface area contributed by atoms with Gasteiger partial charge < -0.3 is 14.4 Å². The molecule has 1 fully saturated rings. The summed E-state index contributed by atoms with van der Waals surface area (Å²) < 4.78 is 11.5. The van der Waals surface area contributed by atoms with Crippen LogP contribution in [-0.2, 0) is 9.53 Å². The number of amides is 1. The van der Waals surface area contributed by atoms with Crippen LogP contribution in [0.2, 0.25) is 5.02 Å². The van der Waals surface area contributed by atoms with E-state index in [4.69, 9.17) is 21.1 Å². The number of carbonyl (C=O) groups excluding carboxylic acids is 1. The van der Waals surface area contributed by atoms with Gasteiger partial charge in [-0.3, -0.25) is 4.79 Å². The SMILES string of the molecule is C[C@H]1CN(C(=O)COc2ncnc3scc(-c4ccc(Cl)cc4)c23)C[C@H](C)O1. The number of hydrogen-bond donors (Lipinski definition) is 0. The molecule has 8 heteroatoms. The van der Waals surface area contributed by atoms with Gasteiger partial charge in [-0.1, -0.05) is 23.7 Å². The number of hydrogen-bond acceptors (Lipinski definition) is 6. The Morgan fingerprint density at radius 2 is 1.96 bits per heavy atom. The zero-order valence-corrected chi connectivity index (χ0v) is 17.2. The second kappa shape index (κ2) is 8.03. The average Bonchev–Trinajstić information content (AvgIpc) is 3.10. The third-order valence-electron chi connectivity index (χ3n) is 4.60. The highest BCUT2D eigenvalue weighted by Gasteiger charge is 2.26. The van der Waals surface area contributed by atoms with Crippen LogP contribution in [0.1, 0.15) is 13.8 Å². The normalized spacial score (nSPS) is 19.8. The molecule has 1 aliphatic rings. The van der Waals surface area contributed by atoms with Crippen molar-refractivity contribution in [2.45, 2.75) is 26.1 Å². The van der Waals surface area contributed by atoms with Crippen molar-refractivity contribution in [2.24, 2.45) is 0 Å². The minimum absolute atomic E-state index is 0.0202. The molecule has 146 valence electrons. The standard InChI is InChI=1S/C20H20ClN3O3S/c1-12-7-24(8-13(2)27-12)17(25)9-26-19-18-16(10-28-20(18)23-11-22-19)14-3-5-15(21)6-4-14/h3-6,10-13H,7-9H2,1-2H3/t12-,13-/m0/s1. The Morgan fingerprint density at radius 1 is 1.25 bits per heavy atom. The lowest BCUT2D eigenvalue weighted by Gasteiger charge is -2.35. The van der Waals surface area contributed by atoms with Gasteiger partial charge in [-0.15, -0.1) is 11.3 Å². The van der Waals surface area contributed by atoms with Gasteiger partial charge in [-0.2, -0.15) is 0 Å². The predicted octanol–water partition coefficient (Wildman–Crippen LogP) is 4.03. The molecule has 0 spiro atoms. The lowest BCUT2D eigenvalue weighted by atomic mass is 10.1. The molecule has 1 saturated heterocycles. The maximum Gasteiger partial charge on any atom is 0.260 e. The molecule has 0 radical (unpaired) electrons. The summed E-state index contributed by atoms with van der Waals surface area (Å²) >= 11 is 7.52. The van der Waals surface area contributed by atoms with Crippen molar-refractivity contribution >= 4 is 39.1 Å². The van der Waals surface area contributed by atoms with E-state index in [0.29, 0.717) is 24.0 Å². The molecule has 4 rings (SSSR count). The summed E-state index contributed by atoms with van der Waals surface area (Å²) in [6, 6.07) is 7.58. The summed E-state index contributed by atoms with van der Waals surface area (Å²) in [5.74, 6) is 0.343. The van der Waals surface area contributed by atoms with Crippen LogP contribution in [0.5, 0.6) is 5.88 Å². The van der Waals surface area contributed by atoms with E-state index in [9.17, 15) is 4.79 Å². The molecule has 28 heavy (non-hydrogen) atoms. The van der Waals surface area contributed by atoms with E-state index in [1.807, 2.05) is 43.5 Å². The molecule has 3 heterocycles. The molecule has 0 N–H and O–H groups in total. The van der Waals surface area contributed by atoms with Gasteiger partial charge in [0.25, 0.3) is 5.91 Å². The first-order valence-corrected chi connectivity index (χ1v) is 10.3. The number of nitrogens with zero attached hydrogens (tertiary/aromatic N) is 3. The van der Waals surface area contributed by atoms with Crippen LogP contribution in [0.15, 0.2) is 36.0 Å². The van der Waals surface area contributed by atoms with Gasteiger partial charge in [-0.05, 0) is 31.5 Å². The van der Waals surface area contributed by atoms with E-state index in [-0.39, 0.29) is 24.7 Å². The molecule has 1 aliphatic heterocycles. The molecular formula is C20H20ClN3O3S. The highest BCUT2D eigenvalue weighted by molar-refractivity contribution is 7.17. The summed E-state index contributed by atoms with van der Waals surface area (Å²) in [5.41, 5.74) is 1.96. The van der Waals surface area contributed by atoms with E-state index in [1.165, 1.54) is 17.7 Å². The maximum atomic E-state index is 12.6. The molecule has 6 nitrogen and oxygen atoms in total. The van der Waals surface area contributed by atoms with Crippen LogP contribution in [0.25, 0.3) is 21.3 Å². The third kappa shape index (κ3) is 3.97. The van der Waals surface area contributed by atoms with Crippen LogP contribution in [0.4, 0.5) is 0 Å². The first-order chi connectivity index (χ1) is 13.5. The molecular weight excluding hydrogens is 398 g/mol. The van der Waals surface area contributed by atoms with E-state index >= 15 is 0 Å². The lowest BCUT2D eigenvalue weighted by Crippen LogP contribution is -2.49. The summed E-state index contributed by atoms with van der Waals surface area (Å²) in [6.45, 7) is 5.00. The number of thiophene rings is 1. The Morgan fingerprint density at radius 3 is 2.68 bits per heavy atom. The van der Waals surface area contributed by atoms with Crippen molar-refractivity contribution in [1.29, 1.82) is 0 Å². The Kier molecular flexibility index (Phi) is 5.48. The van der Waals surface area contributed by atoms with Gasteiger partial charge >= 0.3 is 0 Å². The maximum absolute atomic E-state index is 12.6. The van der Waals surface area contributed by atoms with Crippen LogP contribution in [0, 0.1) is 0 Å². The fourth-order valence-corrected chi connectivity index (χ4v) is 4.43. The van der Waals surface area contributed by atoms with Crippen molar-refractivity contribution in [3.8, 4) is 17.0 Å². The van der Waals surface area contributed by atoms with Gasteiger partial charge in [0.15, 0.2) is 6.61 Å². The highest BCUT2D eigenvalue weighted by Crippen LogP contribution is 2.37. The minimum atomic E-state index is -0.0722. The zero-order chi connectivity index (χ0) is 19.7. The van der Waals surface area contributed by atoms with E-state index in [0.717, 1.165) is 21.3 Å². The van der Waals surface area contributed by atoms with Crippen molar-refractivity contribution in [3.05, 3.63) is 41.0 Å². The summed E-state index contributed by atoms with van der Waals surface area (Å²) in [5, 5.41) is 3.50. The highest BCUT2D eigenvalue weighted by atomic mass is 35.5. The second-order valence-corrected chi connectivity index (χ2v) is 8.15. The van der Waals surface area contributed by atoms with Crippen LogP contribution in [0.3, 0.4) is 0 Å². The van der Waals surface area contributed by atoms with Crippen molar-refractivity contribution < 1.29 is 14.3 Å². The number of fused-ring (bicyclic) bond motifs is 1. The van der Waals surface area contributed by atoms with E-state index in [2.05, 4.69) is 9.97 Å². The monoisotopic (exact) mass is 417 g/mol. The quantitative estimate of drug-likeness (QED) is 0.641. The van der Waals surface area contributed by atoms with E-state index < -0.39 is 0 Å². The molecule has 2 atom stereocenters. The van der Waals surface area contributed by atoms with Gasteiger partial charge in [0.1, 0.15) is 11.2 Å². The van der Waals surface area contributed by atoms with Crippen LogP contribution in [-0.4, -0.2) is 52.7 Å². The molecule has 0 saturated carbocycles. The molecule has 2 aromatic heterocycles. The first kappa shape index (κ1) is 19.1. The van der Waals surface area contributed by atoms with Gasteiger partial charge in [0, 0.05) is 29.1 Å². The first-order valence-electron chi connectivity index (χ1n) is 9.05. The molecule has 0 unspecified atom stereocenters. The summed E-state index contributed by atoms with van der Waals surface area (Å²) in [6.07, 6.45) is 1.50. The number of benzene rings is 1. The molecule has 3 aromatic rings. The Balaban J connectivity index is 1.56. The number of ether oxygens (including phenoxy) is 2. The van der Waals surface area contributed by atoms with Gasteiger partial charge in [0.2, 0.25) is 5.88 Å². The predicted molar refractivity (Wildman–Crippen MR) is 110 cm³/mol. The van der Waals surface area contributed by atoms with E-state index in [1.54, 1.807) is 4.90 Å². The van der Waals surface area contributed by atoms with Crippen molar-refractivity contribution in [2.75, 3.05) is 19.7 Å². The fourth-order valence-electron chi connectivity index (χ4n) is 3.40. The molecule has 0 aliphatic carbocycles. The zero-order valence-electron chi connectivity index (χ0n) is 15.6. The van der Waals surface area contributed by atoms with Gasteiger partial charge in [0.05, 0.1) is 17.6 Å².